The number of carbonyl (C=O) groups excluding carboxylic acids is 1. The Morgan fingerprint density at radius 3 is 2.85 bits per heavy atom. The number of imidazole rings is 1. The van der Waals surface area contributed by atoms with Crippen molar-refractivity contribution in [3.05, 3.63) is 58.9 Å². The second kappa shape index (κ2) is 6.76. The zero-order chi connectivity index (χ0) is 19.0. The van der Waals surface area contributed by atoms with Crippen LogP contribution in [0.25, 0.3) is 22.6 Å². The van der Waals surface area contributed by atoms with Crippen molar-refractivity contribution in [1.82, 2.24) is 9.97 Å². The predicted octanol–water partition coefficient (Wildman–Crippen LogP) is 4.05. The molecule has 0 unspecified atom stereocenters. The minimum atomic E-state index is -0.810. The van der Waals surface area contributed by atoms with Crippen molar-refractivity contribution in [3.63, 3.8) is 0 Å². The number of fused-ring (bicyclic) bond motifs is 1. The molecule has 9 heteroatoms. The van der Waals surface area contributed by atoms with Crippen molar-refractivity contribution in [2.24, 2.45) is 0 Å². The maximum atomic E-state index is 13.9. The van der Waals surface area contributed by atoms with E-state index >= 15 is 0 Å². The summed E-state index contributed by atoms with van der Waals surface area (Å²) in [7, 11) is 1.41. The molecule has 2 aromatic heterocycles. The number of halogens is 2. The van der Waals surface area contributed by atoms with Gasteiger partial charge in [-0.15, -0.1) is 11.3 Å². The van der Waals surface area contributed by atoms with E-state index in [4.69, 9.17) is 0 Å². The van der Waals surface area contributed by atoms with Crippen LogP contribution in [-0.2, 0) is 0 Å². The SMILES string of the molecule is CN(C(=O)Nc1ccc2[nH+]c(-c3cscn3)[nH]c2c1)c1ccc(F)cc1F. The second-order valence-electron chi connectivity index (χ2n) is 5.84. The number of carbonyl (C=O) groups is 1. The number of rotatable bonds is 3. The first-order chi connectivity index (χ1) is 13.0. The maximum Gasteiger partial charge on any atom is 0.326 e. The highest BCUT2D eigenvalue weighted by atomic mass is 32.1. The molecule has 0 fully saturated rings. The molecule has 0 spiro atoms. The number of hydrogen-bond donors (Lipinski definition) is 2. The summed E-state index contributed by atoms with van der Waals surface area (Å²) in [5.74, 6) is -0.746. The largest absolute Gasteiger partial charge is 0.326 e. The fourth-order valence-electron chi connectivity index (χ4n) is 2.67. The van der Waals surface area contributed by atoms with Gasteiger partial charge in [0.1, 0.15) is 11.6 Å². The number of H-pyrrole nitrogens is 2. The molecule has 4 rings (SSSR count). The van der Waals surface area contributed by atoms with Gasteiger partial charge in [0, 0.05) is 30.2 Å². The van der Waals surface area contributed by atoms with Crippen LogP contribution in [-0.4, -0.2) is 23.0 Å². The molecule has 0 radical (unpaired) electrons. The number of anilines is 2. The first-order valence-electron chi connectivity index (χ1n) is 7.94. The highest BCUT2D eigenvalue weighted by molar-refractivity contribution is 7.07. The summed E-state index contributed by atoms with van der Waals surface area (Å²) in [6.07, 6.45) is 0. The minimum absolute atomic E-state index is 0.0194. The number of thiazole rings is 1. The minimum Gasteiger partial charge on any atom is -0.307 e. The quantitative estimate of drug-likeness (QED) is 0.557. The Bertz CT molecular complexity index is 1130. The lowest BCUT2D eigenvalue weighted by Crippen LogP contribution is -2.31. The van der Waals surface area contributed by atoms with E-state index in [0.717, 1.165) is 39.6 Å². The van der Waals surface area contributed by atoms with Gasteiger partial charge in [-0.2, -0.15) is 0 Å². The second-order valence-corrected chi connectivity index (χ2v) is 6.56. The molecule has 3 N–H and O–H groups in total. The number of nitrogens with one attached hydrogen (secondary N) is 3. The maximum absolute atomic E-state index is 13.9. The Morgan fingerprint density at radius 1 is 1.26 bits per heavy atom. The van der Waals surface area contributed by atoms with Gasteiger partial charge in [-0.25, -0.2) is 28.5 Å². The summed E-state index contributed by atoms with van der Waals surface area (Å²) in [6.45, 7) is 0. The van der Waals surface area contributed by atoms with Crippen LogP contribution in [0.5, 0.6) is 0 Å². The molecule has 136 valence electrons. The van der Waals surface area contributed by atoms with Crippen molar-refractivity contribution < 1.29 is 18.6 Å². The molecule has 4 aromatic rings. The molecule has 0 aliphatic heterocycles. The fourth-order valence-corrected chi connectivity index (χ4v) is 3.21. The average Bonchev–Trinajstić information content (AvgIpc) is 3.30. The van der Waals surface area contributed by atoms with Crippen molar-refractivity contribution in [2.75, 3.05) is 17.3 Å². The van der Waals surface area contributed by atoms with E-state index in [0.29, 0.717) is 5.69 Å². The number of amides is 2. The zero-order valence-electron chi connectivity index (χ0n) is 14.1. The van der Waals surface area contributed by atoms with Gasteiger partial charge < -0.3 is 5.32 Å². The molecule has 0 saturated heterocycles. The fraction of sp³-hybridized carbons (Fsp3) is 0.0556. The van der Waals surface area contributed by atoms with E-state index in [1.807, 2.05) is 11.4 Å². The molecule has 0 bridgehead atoms. The van der Waals surface area contributed by atoms with E-state index in [9.17, 15) is 13.6 Å². The lowest BCUT2D eigenvalue weighted by Gasteiger charge is -2.18. The Kier molecular flexibility index (Phi) is 4.28. The van der Waals surface area contributed by atoms with Crippen LogP contribution in [0.3, 0.4) is 0 Å². The standard InChI is InChI=1S/C18H13F2N5OS/c1-25(16-5-2-10(19)6-12(16)20)18(26)22-11-3-4-13-14(7-11)24-17(23-13)15-8-27-9-21-15/h2-9H,1H3,(H,22,26)(H,23,24)/p+1. The smallest absolute Gasteiger partial charge is 0.307 e. The molecular weight excluding hydrogens is 372 g/mol. The first-order valence-corrected chi connectivity index (χ1v) is 8.89. The predicted molar refractivity (Wildman–Crippen MR) is 99.7 cm³/mol. The van der Waals surface area contributed by atoms with Crippen LogP contribution in [0.4, 0.5) is 25.0 Å². The molecule has 0 aliphatic rings. The molecule has 27 heavy (non-hydrogen) atoms. The van der Waals surface area contributed by atoms with Crippen LogP contribution in [0.2, 0.25) is 0 Å². The van der Waals surface area contributed by atoms with Crippen LogP contribution >= 0.6 is 11.3 Å². The number of urea groups is 1. The van der Waals surface area contributed by atoms with E-state index in [2.05, 4.69) is 20.3 Å². The molecule has 0 saturated carbocycles. The number of aromatic nitrogens is 3. The molecule has 2 heterocycles. The number of benzene rings is 2. The van der Waals surface area contributed by atoms with Crippen LogP contribution in [0.1, 0.15) is 0 Å². The zero-order valence-corrected chi connectivity index (χ0v) is 14.9. The van der Waals surface area contributed by atoms with Gasteiger partial charge >= 0.3 is 11.9 Å². The molecular formula is C18H14F2N5OS+. The van der Waals surface area contributed by atoms with E-state index < -0.39 is 17.7 Å². The number of hydrogen-bond acceptors (Lipinski definition) is 3. The molecule has 0 aliphatic carbocycles. The van der Waals surface area contributed by atoms with Gasteiger partial charge in [-0.3, -0.25) is 4.90 Å². The summed E-state index contributed by atoms with van der Waals surface area (Å²) in [6, 6.07) is 7.81. The highest BCUT2D eigenvalue weighted by Gasteiger charge is 2.18. The lowest BCUT2D eigenvalue weighted by atomic mass is 10.2. The van der Waals surface area contributed by atoms with Crippen molar-refractivity contribution in [1.29, 1.82) is 0 Å². The van der Waals surface area contributed by atoms with Gasteiger partial charge in [0.25, 0.3) is 0 Å². The topological polar surface area (TPSA) is 75.2 Å². The van der Waals surface area contributed by atoms with E-state index in [-0.39, 0.29) is 5.69 Å². The average molecular weight is 386 g/mol. The third kappa shape index (κ3) is 3.36. The van der Waals surface area contributed by atoms with E-state index in [1.165, 1.54) is 24.5 Å². The highest BCUT2D eigenvalue weighted by Crippen LogP contribution is 2.22. The van der Waals surface area contributed by atoms with Crippen molar-refractivity contribution in [3.8, 4) is 11.5 Å². The summed E-state index contributed by atoms with van der Waals surface area (Å²) < 4.78 is 26.9. The van der Waals surface area contributed by atoms with Gasteiger partial charge in [0.05, 0.1) is 11.2 Å². The molecule has 2 amide bonds. The van der Waals surface area contributed by atoms with Crippen molar-refractivity contribution >= 4 is 39.8 Å². The van der Waals surface area contributed by atoms with Crippen LogP contribution in [0.15, 0.2) is 47.3 Å². The monoisotopic (exact) mass is 386 g/mol. The normalized spacial score (nSPS) is 10.9. The Balaban J connectivity index is 1.56. The summed E-state index contributed by atoms with van der Waals surface area (Å²) >= 11 is 1.49. The Labute approximate surface area is 156 Å². The lowest BCUT2D eigenvalue weighted by molar-refractivity contribution is -0.330. The van der Waals surface area contributed by atoms with Gasteiger partial charge in [0.15, 0.2) is 16.7 Å². The van der Waals surface area contributed by atoms with Crippen molar-refractivity contribution in [2.45, 2.75) is 0 Å². The summed E-state index contributed by atoms with van der Waals surface area (Å²) in [4.78, 5) is 24.2. The first kappa shape index (κ1) is 17.1. The van der Waals surface area contributed by atoms with Crippen LogP contribution < -0.4 is 15.2 Å². The molecule has 2 aromatic carbocycles. The van der Waals surface area contributed by atoms with Crippen LogP contribution in [0, 0.1) is 11.6 Å². The summed E-state index contributed by atoms with van der Waals surface area (Å²) in [5, 5.41) is 4.61. The Morgan fingerprint density at radius 2 is 2.11 bits per heavy atom. The third-order valence-corrected chi connectivity index (χ3v) is 4.64. The summed E-state index contributed by atoms with van der Waals surface area (Å²) in [5.41, 5.74) is 4.69. The third-order valence-electron chi connectivity index (χ3n) is 4.05. The molecule has 6 nitrogen and oxygen atoms in total. The van der Waals surface area contributed by atoms with Gasteiger partial charge in [-0.1, -0.05) is 0 Å². The van der Waals surface area contributed by atoms with Gasteiger partial charge in [-0.05, 0) is 24.3 Å². The van der Waals surface area contributed by atoms with Gasteiger partial charge in [0.2, 0.25) is 0 Å². The number of nitrogens with zero attached hydrogens (tertiary/aromatic N) is 2. The molecule has 0 atom stereocenters. The Hall–Kier alpha value is -3.33. The number of aromatic amines is 2. The van der Waals surface area contributed by atoms with E-state index in [1.54, 1.807) is 17.6 Å².